The molecular weight excluding hydrogens is 509 g/mol. The molecule has 1 atom stereocenters. The number of hydrogen-bond donors (Lipinski definition) is 2. The molecule has 2 amide bonds. The minimum absolute atomic E-state index is 0.0754. The van der Waals surface area contributed by atoms with E-state index >= 15 is 0 Å². The third-order valence-electron chi connectivity index (χ3n) is 6.62. The van der Waals surface area contributed by atoms with Gasteiger partial charge >= 0.3 is 6.03 Å². The number of anilines is 1. The Balaban J connectivity index is 1.30. The Hall–Kier alpha value is -2.81. The van der Waals surface area contributed by atoms with Crippen LogP contribution in [0.5, 0.6) is 0 Å². The van der Waals surface area contributed by atoms with Crippen LogP contribution in [0.2, 0.25) is 0 Å². The van der Waals surface area contributed by atoms with E-state index in [1.807, 2.05) is 48.5 Å². The molecule has 4 rings (SSSR count). The number of hydrogen-bond acceptors (Lipinski definition) is 6. The summed E-state index contributed by atoms with van der Waals surface area (Å²) < 4.78 is 0. The van der Waals surface area contributed by atoms with E-state index in [-0.39, 0.29) is 11.4 Å². The number of alkyl halides is 1. The summed E-state index contributed by atoms with van der Waals surface area (Å²) in [5.74, 6) is 1.65. The minimum Gasteiger partial charge on any atom is -0.381 e. The average Bonchev–Trinajstić information content (AvgIpc) is 2.90. The van der Waals surface area contributed by atoms with E-state index < -0.39 is 0 Å². The number of carbonyl (C=O) groups is 1. The van der Waals surface area contributed by atoms with Crippen LogP contribution in [0.25, 0.3) is 10.9 Å². The fourth-order valence-corrected chi connectivity index (χ4v) is 4.99. The molecule has 1 aromatic heterocycles. The first kappa shape index (κ1) is 27.2. The average molecular weight is 545 g/mol. The molecule has 2 N–H and O–H groups in total. The molecule has 0 saturated carbocycles. The van der Waals surface area contributed by atoms with Crippen molar-refractivity contribution in [1.82, 2.24) is 30.0 Å². The van der Waals surface area contributed by atoms with Gasteiger partial charge in [0.05, 0.1) is 17.4 Å². The third-order valence-corrected chi connectivity index (χ3v) is 7.32. The lowest BCUT2D eigenvalue weighted by atomic mass is 10.1. The zero-order chi connectivity index (χ0) is 26.2. The molecule has 2 aromatic rings. The molecule has 8 nitrogen and oxygen atoms in total. The summed E-state index contributed by atoms with van der Waals surface area (Å²) in [6.07, 6.45) is 7.22. The Labute approximate surface area is 229 Å². The summed E-state index contributed by atoms with van der Waals surface area (Å²) in [6.45, 7) is 9.40. The number of halogens is 2. The van der Waals surface area contributed by atoms with Crippen molar-refractivity contribution >= 4 is 46.0 Å². The van der Waals surface area contributed by atoms with Crippen LogP contribution in [0, 0.1) is 0 Å². The molecule has 2 heterocycles. The van der Waals surface area contributed by atoms with Gasteiger partial charge in [0, 0.05) is 69.7 Å². The zero-order valence-electron chi connectivity index (χ0n) is 21.3. The second kappa shape index (κ2) is 13.1. The largest absolute Gasteiger partial charge is 0.381 e. The smallest absolute Gasteiger partial charge is 0.317 e. The second-order valence-electron chi connectivity index (χ2n) is 9.38. The van der Waals surface area contributed by atoms with Crippen molar-refractivity contribution in [3.05, 3.63) is 65.6 Å². The third kappa shape index (κ3) is 7.60. The zero-order valence-corrected chi connectivity index (χ0v) is 22.8. The van der Waals surface area contributed by atoms with Crippen LogP contribution in [0.15, 0.2) is 59.8 Å². The number of allylic oxidation sites excluding steroid dienone is 2. The summed E-state index contributed by atoms with van der Waals surface area (Å²) >= 11 is 12.4. The van der Waals surface area contributed by atoms with E-state index in [1.165, 1.54) is 0 Å². The first-order valence-corrected chi connectivity index (χ1v) is 13.5. The van der Waals surface area contributed by atoms with Crippen LogP contribution >= 0.6 is 23.2 Å². The molecular formula is C27H35Cl2N7O. The number of fused-ring (bicyclic) bond motifs is 1. The van der Waals surface area contributed by atoms with E-state index in [1.54, 1.807) is 0 Å². The van der Waals surface area contributed by atoms with Gasteiger partial charge in [0.2, 0.25) is 0 Å². The highest BCUT2D eigenvalue weighted by Crippen LogP contribution is 2.25. The van der Waals surface area contributed by atoms with Gasteiger partial charge in [-0.1, -0.05) is 42.5 Å². The number of aromatic nitrogens is 2. The van der Waals surface area contributed by atoms with Gasteiger partial charge in [-0.15, -0.1) is 11.6 Å². The highest BCUT2D eigenvalue weighted by molar-refractivity contribution is 6.31. The predicted molar refractivity (Wildman–Crippen MR) is 152 cm³/mol. The van der Waals surface area contributed by atoms with Crippen LogP contribution < -0.4 is 10.6 Å². The van der Waals surface area contributed by atoms with Crippen LogP contribution in [0.4, 0.5) is 10.6 Å². The number of benzene rings is 1. The Morgan fingerprint density at radius 1 is 1.24 bits per heavy atom. The fourth-order valence-electron chi connectivity index (χ4n) is 4.38. The first-order valence-electron chi connectivity index (χ1n) is 12.7. The SMILES string of the molecule is C=CN(C)CCCNc1nc(CN2CCN(C(=O)NCC3=C(Cl)CC(Cl)C=C3)CC2)nc2ccccc12. The van der Waals surface area contributed by atoms with Gasteiger partial charge < -0.3 is 20.4 Å². The molecule has 1 aliphatic carbocycles. The number of piperazine rings is 1. The maximum absolute atomic E-state index is 12.7. The topological polar surface area (TPSA) is 76.6 Å². The molecule has 1 aliphatic heterocycles. The van der Waals surface area contributed by atoms with Crippen LogP contribution in [0.1, 0.15) is 18.7 Å². The van der Waals surface area contributed by atoms with E-state index in [4.69, 9.17) is 33.2 Å². The molecule has 37 heavy (non-hydrogen) atoms. The van der Waals surface area contributed by atoms with Crippen molar-refractivity contribution in [2.45, 2.75) is 24.8 Å². The normalized spacial score (nSPS) is 18.2. The number of amides is 2. The monoisotopic (exact) mass is 543 g/mol. The Morgan fingerprint density at radius 3 is 2.78 bits per heavy atom. The van der Waals surface area contributed by atoms with Crippen LogP contribution in [-0.4, -0.2) is 88.9 Å². The lowest BCUT2D eigenvalue weighted by Gasteiger charge is -2.34. The second-order valence-corrected chi connectivity index (χ2v) is 10.4. The molecule has 198 valence electrons. The summed E-state index contributed by atoms with van der Waals surface area (Å²) in [5, 5.41) is 8.13. The Bertz CT molecular complexity index is 1160. The molecule has 1 aromatic carbocycles. The number of para-hydroxylation sites is 1. The lowest BCUT2D eigenvalue weighted by Crippen LogP contribution is -2.51. The fraction of sp³-hybridized carbons (Fsp3) is 0.444. The molecule has 1 saturated heterocycles. The van der Waals surface area contributed by atoms with Crippen molar-refractivity contribution in [1.29, 1.82) is 0 Å². The van der Waals surface area contributed by atoms with E-state index in [9.17, 15) is 4.79 Å². The van der Waals surface area contributed by atoms with E-state index in [2.05, 4.69) is 33.1 Å². The van der Waals surface area contributed by atoms with Gasteiger partial charge in [-0.25, -0.2) is 14.8 Å². The molecule has 0 radical (unpaired) electrons. The first-order chi connectivity index (χ1) is 17.9. The summed E-state index contributed by atoms with van der Waals surface area (Å²) in [5.41, 5.74) is 1.84. The van der Waals surface area contributed by atoms with Gasteiger partial charge in [-0.05, 0) is 30.3 Å². The van der Waals surface area contributed by atoms with Crippen molar-refractivity contribution in [2.24, 2.45) is 0 Å². The highest BCUT2D eigenvalue weighted by Gasteiger charge is 2.23. The van der Waals surface area contributed by atoms with Crippen LogP contribution in [0.3, 0.4) is 0 Å². The molecule has 1 unspecified atom stereocenters. The van der Waals surface area contributed by atoms with E-state index in [0.717, 1.165) is 60.7 Å². The maximum atomic E-state index is 12.7. The van der Waals surface area contributed by atoms with Crippen molar-refractivity contribution < 1.29 is 4.79 Å². The molecule has 10 heteroatoms. The highest BCUT2D eigenvalue weighted by atomic mass is 35.5. The van der Waals surface area contributed by atoms with Crippen LogP contribution in [-0.2, 0) is 6.54 Å². The minimum atomic E-state index is -0.0807. The van der Waals surface area contributed by atoms with Gasteiger partial charge in [-0.3, -0.25) is 4.90 Å². The predicted octanol–water partition coefficient (Wildman–Crippen LogP) is 4.39. The maximum Gasteiger partial charge on any atom is 0.317 e. The van der Waals surface area contributed by atoms with Crippen molar-refractivity contribution in [2.75, 3.05) is 58.2 Å². The standard InChI is InChI=1S/C27H35Cl2N7O/c1-3-34(2)12-6-11-30-26-22-7-4-5-8-24(22)32-25(33-26)19-35-13-15-36(16-14-35)27(37)31-18-20-9-10-21(28)17-23(20)29/h3-5,7-10,21H,1,6,11-19H2,2H3,(H,31,37)(H,30,32,33). The van der Waals surface area contributed by atoms with Gasteiger partial charge in [0.15, 0.2) is 0 Å². The van der Waals surface area contributed by atoms with Crippen molar-refractivity contribution in [3.8, 4) is 0 Å². The number of carbonyl (C=O) groups excluding carboxylic acids is 1. The number of nitrogens with zero attached hydrogens (tertiary/aromatic N) is 5. The van der Waals surface area contributed by atoms with Gasteiger partial charge in [-0.2, -0.15) is 0 Å². The summed E-state index contributed by atoms with van der Waals surface area (Å²) in [4.78, 5) is 28.6. The van der Waals surface area contributed by atoms with Crippen molar-refractivity contribution in [3.63, 3.8) is 0 Å². The molecule has 0 bridgehead atoms. The summed E-state index contributed by atoms with van der Waals surface area (Å²) in [6, 6.07) is 8.01. The molecule has 0 spiro atoms. The lowest BCUT2D eigenvalue weighted by molar-refractivity contribution is 0.134. The molecule has 1 fully saturated rings. The quantitative estimate of drug-likeness (QED) is 0.341. The number of urea groups is 1. The number of rotatable bonds is 10. The Morgan fingerprint density at radius 2 is 2.03 bits per heavy atom. The van der Waals surface area contributed by atoms with Gasteiger partial charge in [0.1, 0.15) is 11.6 Å². The summed E-state index contributed by atoms with van der Waals surface area (Å²) in [7, 11) is 2.02. The number of nitrogens with one attached hydrogen (secondary N) is 2. The van der Waals surface area contributed by atoms with Gasteiger partial charge in [0.25, 0.3) is 0 Å². The Kier molecular flexibility index (Phi) is 9.66. The van der Waals surface area contributed by atoms with E-state index in [0.29, 0.717) is 37.6 Å². The molecule has 2 aliphatic rings.